The third kappa shape index (κ3) is 2.73. The molecule has 0 saturated carbocycles. The minimum atomic E-state index is -0.733. The van der Waals surface area contributed by atoms with Crippen LogP contribution in [0.1, 0.15) is 19.4 Å². The minimum absolute atomic E-state index is 0.142. The van der Waals surface area contributed by atoms with Crippen molar-refractivity contribution >= 4 is 5.91 Å². The largest absolute Gasteiger partial charge is 0.497 e. The maximum Gasteiger partial charge on any atom is 0.244 e. The molecule has 0 radical (unpaired) electrons. The van der Waals surface area contributed by atoms with Crippen LogP contribution in [0.2, 0.25) is 0 Å². The van der Waals surface area contributed by atoms with E-state index in [0.29, 0.717) is 11.5 Å². The summed E-state index contributed by atoms with van der Waals surface area (Å²) in [5.74, 6) is 1.21. The molecule has 0 saturated heterocycles. The highest BCUT2D eigenvalue weighted by Gasteiger charge is 2.32. The highest BCUT2D eigenvalue weighted by atomic mass is 16.5. The van der Waals surface area contributed by atoms with Crippen molar-refractivity contribution in [2.75, 3.05) is 21.3 Å². The number of hydrogen-bond acceptors (Lipinski definition) is 4. The van der Waals surface area contributed by atoms with Crippen molar-refractivity contribution in [3.8, 4) is 11.5 Å². The quantitative estimate of drug-likeness (QED) is 0.774. The molecule has 0 atom stereocenters. The Kier molecular flexibility index (Phi) is 4.55. The zero-order chi connectivity index (χ0) is 13.8. The molecule has 0 fully saturated rings. The SMILES string of the molecule is CNNC(=O)C(C)(C)c1cc(OC)ccc1OC. The van der Waals surface area contributed by atoms with Crippen molar-refractivity contribution in [3.63, 3.8) is 0 Å². The second-order valence-corrected chi connectivity index (χ2v) is 4.40. The fourth-order valence-electron chi connectivity index (χ4n) is 1.69. The Morgan fingerprint density at radius 1 is 1.22 bits per heavy atom. The molecule has 5 heteroatoms. The smallest absolute Gasteiger partial charge is 0.244 e. The minimum Gasteiger partial charge on any atom is -0.497 e. The molecular formula is C13H20N2O3. The van der Waals surface area contributed by atoms with Gasteiger partial charge in [-0.3, -0.25) is 10.2 Å². The zero-order valence-electron chi connectivity index (χ0n) is 11.5. The third-order valence-electron chi connectivity index (χ3n) is 2.89. The number of nitrogens with one attached hydrogen (secondary N) is 2. The number of benzene rings is 1. The van der Waals surface area contributed by atoms with Gasteiger partial charge in [0.15, 0.2) is 0 Å². The molecule has 0 unspecified atom stereocenters. The lowest BCUT2D eigenvalue weighted by atomic mass is 9.83. The first kappa shape index (κ1) is 14.3. The molecule has 1 aromatic carbocycles. The van der Waals surface area contributed by atoms with Crippen molar-refractivity contribution in [1.29, 1.82) is 0 Å². The van der Waals surface area contributed by atoms with Gasteiger partial charge in [0.2, 0.25) is 5.91 Å². The van der Waals surface area contributed by atoms with Gasteiger partial charge in [-0.05, 0) is 32.0 Å². The van der Waals surface area contributed by atoms with Crippen LogP contribution < -0.4 is 20.3 Å². The van der Waals surface area contributed by atoms with Crippen LogP contribution in [0.5, 0.6) is 11.5 Å². The molecule has 1 amide bonds. The van der Waals surface area contributed by atoms with E-state index in [1.54, 1.807) is 33.4 Å². The van der Waals surface area contributed by atoms with Gasteiger partial charge in [0.25, 0.3) is 0 Å². The third-order valence-corrected chi connectivity index (χ3v) is 2.89. The molecule has 1 aromatic rings. The average molecular weight is 252 g/mol. The Hall–Kier alpha value is -1.75. The number of carbonyl (C=O) groups is 1. The van der Waals surface area contributed by atoms with Gasteiger partial charge in [-0.1, -0.05) is 0 Å². The average Bonchev–Trinajstić information content (AvgIpc) is 2.38. The Bertz CT molecular complexity index is 430. The number of hydrazine groups is 1. The standard InChI is InChI=1S/C13H20N2O3/c1-13(2,12(16)15-14-3)10-8-9(17-4)6-7-11(10)18-5/h6-8,14H,1-5H3,(H,15,16). The van der Waals surface area contributed by atoms with E-state index in [1.807, 2.05) is 19.9 Å². The Morgan fingerprint density at radius 2 is 1.89 bits per heavy atom. The van der Waals surface area contributed by atoms with E-state index in [-0.39, 0.29) is 5.91 Å². The summed E-state index contributed by atoms with van der Waals surface area (Å²) in [4.78, 5) is 12.1. The van der Waals surface area contributed by atoms with E-state index in [4.69, 9.17) is 9.47 Å². The van der Waals surface area contributed by atoms with Gasteiger partial charge < -0.3 is 9.47 Å². The van der Waals surface area contributed by atoms with Crippen molar-refractivity contribution in [3.05, 3.63) is 23.8 Å². The van der Waals surface area contributed by atoms with Gasteiger partial charge in [-0.25, -0.2) is 5.43 Å². The number of rotatable bonds is 5. The monoisotopic (exact) mass is 252 g/mol. The van der Waals surface area contributed by atoms with E-state index < -0.39 is 5.41 Å². The summed E-state index contributed by atoms with van der Waals surface area (Å²) in [6.45, 7) is 3.66. The predicted octanol–water partition coefficient (Wildman–Crippen LogP) is 1.23. The first-order valence-electron chi connectivity index (χ1n) is 5.67. The molecule has 100 valence electrons. The molecule has 0 aliphatic heterocycles. The molecule has 0 aromatic heterocycles. The normalized spacial score (nSPS) is 10.9. The molecular weight excluding hydrogens is 232 g/mol. The van der Waals surface area contributed by atoms with Gasteiger partial charge in [-0.2, -0.15) is 0 Å². The van der Waals surface area contributed by atoms with E-state index in [1.165, 1.54) is 0 Å². The molecule has 0 aliphatic rings. The molecule has 0 spiro atoms. The van der Waals surface area contributed by atoms with E-state index in [9.17, 15) is 4.79 Å². The zero-order valence-corrected chi connectivity index (χ0v) is 11.5. The number of methoxy groups -OCH3 is 2. The molecule has 0 heterocycles. The fourth-order valence-corrected chi connectivity index (χ4v) is 1.69. The van der Waals surface area contributed by atoms with Gasteiger partial charge in [0, 0.05) is 12.6 Å². The summed E-state index contributed by atoms with van der Waals surface area (Å²) in [5.41, 5.74) is 5.27. The lowest BCUT2D eigenvalue weighted by molar-refractivity contribution is -0.126. The Morgan fingerprint density at radius 3 is 2.39 bits per heavy atom. The lowest BCUT2D eigenvalue weighted by Crippen LogP contribution is -2.45. The van der Waals surface area contributed by atoms with Crippen LogP contribution in [-0.2, 0) is 10.2 Å². The summed E-state index contributed by atoms with van der Waals surface area (Å²) in [6.07, 6.45) is 0. The van der Waals surface area contributed by atoms with Crippen LogP contribution in [0.15, 0.2) is 18.2 Å². The summed E-state index contributed by atoms with van der Waals surface area (Å²) >= 11 is 0. The Labute approximate surface area is 107 Å². The van der Waals surface area contributed by atoms with Gasteiger partial charge in [-0.15, -0.1) is 0 Å². The highest BCUT2D eigenvalue weighted by molar-refractivity contribution is 5.87. The summed E-state index contributed by atoms with van der Waals surface area (Å²) in [7, 11) is 4.82. The first-order chi connectivity index (χ1) is 8.47. The second kappa shape index (κ2) is 5.73. The molecule has 1 rings (SSSR count). The van der Waals surface area contributed by atoms with E-state index in [0.717, 1.165) is 5.56 Å². The summed E-state index contributed by atoms with van der Waals surface area (Å²) < 4.78 is 10.5. The molecule has 18 heavy (non-hydrogen) atoms. The van der Waals surface area contributed by atoms with Crippen LogP contribution in [-0.4, -0.2) is 27.2 Å². The highest BCUT2D eigenvalue weighted by Crippen LogP contribution is 2.34. The summed E-state index contributed by atoms with van der Waals surface area (Å²) in [6, 6.07) is 5.41. The van der Waals surface area contributed by atoms with Crippen LogP contribution in [0.4, 0.5) is 0 Å². The second-order valence-electron chi connectivity index (χ2n) is 4.40. The predicted molar refractivity (Wildman–Crippen MR) is 69.8 cm³/mol. The van der Waals surface area contributed by atoms with Crippen LogP contribution >= 0.6 is 0 Å². The first-order valence-corrected chi connectivity index (χ1v) is 5.67. The van der Waals surface area contributed by atoms with E-state index >= 15 is 0 Å². The summed E-state index contributed by atoms with van der Waals surface area (Å²) in [5, 5.41) is 0. The number of ether oxygens (including phenoxy) is 2. The van der Waals surface area contributed by atoms with Crippen LogP contribution in [0, 0.1) is 0 Å². The van der Waals surface area contributed by atoms with Crippen LogP contribution in [0.25, 0.3) is 0 Å². The van der Waals surface area contributed by atoms with Gasteiger partial charge >= 0.3 is 0 Å². The van der Waals surface area contributed by atoms with Crippen LogP contribution in [0.3, 0.4) is 0 Å². The van der Waals surface area contributed by atoms with Crippen molar-refractivity contribution in [2.24, 2.45) is 0 Å². The maximum absolute atomic E-state index is 12.1. The molecule has 2 N–H and O–H groups in total. The van der Waals surface area contributed by atoms with Crippen molar-refractivity contribution in [1.82, 2.24) is 10.9 Å². The maximum atomic E-state index is 12.1. The molecule has 5 nitrogen and oxygen atoms in total. The van der Waals surface area contributed by atoms with Gasteiger partial charge in [0.05, 0.1) is 19.6 Å². The Balaban J connectivity index is 3.23. The molecule has 0 bridgehead atoms. The van der Waals surface area contributed by atoms with Crippen molar-refractivity contribution < 1.29 is 14.3 Å². The topological polar surface area (TPSA) is 59.6 Å². The number of hydrogen-bond donors (Lipinski definition) is 2. The van der Waals surface area contributed by atoms with E-state index in [2.05, 4.69) is 10.9 Å². The lowest BCUT2D eigenvalue weighted by Gasteiger charge is -2.26. The molecule has 0 aliphatic carbocycles. The number of amides is 1. The van der Waals surface area contributed by atoms with Crippen molar-refractivity contribution in [2.45, 2.75) is 19.3 Å². The number of carbonyl (C=O) groups excluding carboxylic acids is 1. The van der Waals surface area contributed by atoms with Gasteiger partial charge in [0.1, 0.15) is 11.5 Å². The fraction of sp³-hybridized carbons (Fsp3) is 0.462.